The average Bonchev–Trinajstić information content (AvgIpc) is 3.17. The van der Waals surface area contributed by atoms with E-state index >= 15 is 0 Å². The van der Waals surface area contributed by atoms with Gasteiger partial charge in [0.1, 0.15) is 0 Å². The van der Waals surface area contributed by atoms with Crippen molar-refractivity contribution in [1.82, 2.24) is 20.3 Å². The third kappa shape index (κ3) is 2.96. The summed E-state index contributed by atoms with van der Waals surface area (Å²) in [5, 5.41) is 11.1. The monoisotopic (exact) mass is 262 g/mol. The molecule has 1 heterocycles. The molecule has 1 aromatic rings. The minimum absolute atomic E-state index is 0.0787. The van der Waals surface area contributed by atoms with Crippen LogP contribution in [-0.2, 0) is 0 Å². The molecule has 1 atom stereocenters. The Morgan fingerprint density at radius 1 is 1.32 bits per heavy atom. The summed E-state index contributed by atoms with van der Waals surface area (Å²) in [6.07, 6.45) is 10.5. The van der Waals surface area contributed by atoms with Crippen LogP contribution in [0.3, 0.4) is 0 Å². The Bertz CT molecular complexity index is 446. The molecular weight excluding hydrogens is 240 g/mol. The molecule has 2 aliphatic rings. The van der Waals surface area contributed by atoms with Gasteiger partial charge >= 0.3 is 0 Å². The van der Waals surface area contributed by atoms with E-state index in [9.17, 15) is 4.79 Å². The summed E-state index contributed by atoms with van der Waals surface area (Å²) in [5.74, 6) is 0.543. The molecule has 2 saturated carbocycles. The topological polar surface area (TPSA) is 59.8 Å². The molecule has 19 heavy (non-hydrogen) atoms. The van der Waals surface area contributed by atoms with Crippen molar-refractivity contribution in [3.8, 4) is 0 Å². The highest BCUT2D eigenvalue weighted by atomic mass is 16.2. The molecule has 1 N–H and O–H groups in total. The first-order valence-electron chi connectivity index (χ1n) is 7.47. The molecule has 2 fully saturated rings. The number of rotatable bonds is 4. The van der Waals surface area contributed by atoms with Gasteiger partial charge in [-0.15, -0.1) is 5.10 Å². The van der Waals surface area contributed by atoms with Gasteiger partial charge in [0.05, 0.1) is 12.2 Å². The van der Waals surface area contributed by atoms with E-state index in [1.54, 1.807) is 6.20 Å². The molecule has 3 rings (SSSR count). The van der Waals surface area contributed by atoms with Crippen LogP contribution in [-0.4, -0.2) is 26.9 Å². The molecule has 0 bridgehead atoms. The Labute approximate surface area is 113 Å². The van der Waals surface area contributed by atoms with E-state index in [2.05, 4.69) is 22.6 Å². The smallest absolute Gasteiger partial charge is 0.273 e. The summed E-state index contributed by atoms with van der Waals surface area (Å²) in [5.41, 5.74) is 0.453. The lowest BCUT2D eigenvalue weighted by Crippen LogP contribution is -2.39. The Morgan fingerprint density at radius 3 is 2.74 bits per heavy atom. The maximum atomic E-state index is 12.1. The summed E-state index contributed by atoms with van der Waals surface area (Å²) in [7, 11) is 0. The van der Waals surface area contributed by atoms with Gasteiger partial charge in [0.25, 0.3) is 5.91 Å². The number of nitrogens with one attached hydrogen (secondary N) is 1. The highest BCUT2D eigenvalue weighted by molar-refractivity contribution is 5.92. The van der Waals surface area contributed by atoms with Crippen molar-refractivity contribution in [2.45, 2.75) is 64.0 Å². The Morgan fingerprint density at radius 2 is 2.05 bits per heavy atom. The predicted octanol–water partition coefficient (Wildman–Crippen LogP) is 2.31. The second-order valence-corrected chi connectivity index (χ2v) is 5.98. The standard InChI is InChI=1S/C14H22N4O/c1-10(11-5-3-2-4-6-11)15-14(19)13-9-18(17-16-13)12-7-8-12/h9-12H,2-8H2,1H3,(H,15,19). The fourth-order valence-electron chi connectivity index (χ4n) is 2.93. The maximum Gasteiger partial charge on any atom is 0.273 e. The zero-order chi connectivity index (χ0) is 13.2. The van der Waals surface area contributed by atoms with Crippen molar-refractivity contribution >= 4 is 5.91 Å². The summed E-state index contributed by atoms with van der Waals surface area (Å²) < 4.78 is 1.82. The molecule has 0 radical (unpaired) electrons. The largest absolute Gasteiger partial charge is 0.348 e. The molecule has 0 spiro atoms. The average molecular weight is 262 g/mol. The molecule has 104 valence electrons. The summed E-state index contributed by atoms with van der Waals surface area (Å²) in [4.78, 5) is 12.1. The first-order valence-corrected chi connectivity index (χ1v) is 7.47. The minimum Gasteiger partial charge on any atom is -0.348 e. The van der Waals surface area contributed by atoms with Crippen LogP contribution >= 0.6 is 0 Å². The number of carbonyl (C=O) groups excluding carboxylic acids is 1. The van der Waals surface area contributed by atoms with Crippen LogP contribution < -0.4 is 5.32 Å². The fraction of sp³-hybridized carbons (Fsp3) is 0.786. The van der Waals surface area contributed by atoms with Gasteiger partial charge in [0.2, 0.25) is 0 Å². The van der Waals surface area contributed by atoms with Crippen LogP contribution in [0.2, 0.25) is 0 Å². The Hall–Kier alpha value is -1.39. The van der Waals surface area contributed by atoms with Crippen LogP contribution in [0.15, 0.2) is 6.20 Å². The van der Waals surface area contributed by atoms with E-state index in [4.69, 9.17) is 0 Å². The fourth-order valence-corrected chi connectivity index (χ4v) is 2.93. The Balaban J connectivity index is 1.56. The van der Waals surface area contributed by atoms with E-state index in [-0.39, 0.29) is 11.9 Å². The number of aromatic nitrogens is 3. The van der Waals surface area contributed by atoms with Gasteiger partial charge < -0.3 is 5.32 Å². The van der Waals surface area contributed by atoms with E-state index in [0.29, 0.717) is 17.7 Å². The van der Waals surface area contributed by atoms with Crippen molar-refractivity contribution in [2.24, 2.45) is 5.92 Å². The number of amides is 1. The van der Waals surface area contributed by atoms with Crippen LogP contribution in [0, 0.1) is 5.92 Å². The van der Waals surface area contributed by atoms with Crippen LogP contribution in [0.4, 0.5) is 0 Å². The van der Waals surface area contributed by atoms with Gasteiger partial charge in [-0.1, -0.05) is 24.5 Å². The van der Waals surface area contributed by atoms with Crippen LogP contribution in [0.25, 0.3) is 0 Å². The number of nitrogens with zero attached hydrogens (tertiary/aromatic N) is 3. The van der Waals surface area contributed by atoms with Crippen molar-refractivity contribution in [1.29, 1.82) is 0 Å². The van der Waals surface area contributed by atoms with E-state index in [0.717, 1.165) is 12.8 Å². The van der Waals surface area contributed by atoms with E-state index in [1.807, 2.05) is 4.68 Å². The van der Waals surface area contributed by atoms with Gasteiger partial charge in [0, 0.05) is 6.04 Å². The summed E-state index contributed by atoms with van der Waals surface area (Å²) in [6, 6.07) is 0.712. The van der Waals surface area contributed by atoms with Crippen LogP contribution in [0.5, 0.6) is 0 Å². The molecule has 0 saturated heterocycles. The van der Waals surface area contributed by atoms with Gasteiger partial charge in [-0.3, -0.25) is 4.79 Å². The molecule has 2 aliphatic carbocycles. The third-order valence-electron chi connectivity index (χ3n) is 4.38. The van der Waals surface area contributed by atoms with Gasteiger partial charge in [-0.25, -0.2) is 4.68 Å². The maximum absolute atomic E-state index is 12.1. The zero-order valence-corrected chi connectivity index (χ0v) is 11.5. The van der Waals surface area contributed by atoms with Gasteiger partial charge in [0.15, 0.2) is 5.69 Å². The first-order chi connectivity index (χ1) is 9.24. The second kappa shape index (κ2) is 5.31. The first kappa shape index (κ1) is 12.6. The van der Waals surface area contributed by atoms with Crippen molar-refractivity contribution in [2.75, 3.05) is 0 Å². The lowest BCUT2D eigenvalue weighted by Gasteiger charge is -2.27. The highest BCUT2D eigenvalue weighted by Crippen LogP contribution is 2.33. The summed E-state index contributed by atoms with van der Waals surface area (Å²) >= 11 is 0. The molecular formula is C14H22N4O. The molecule has 0 aliphatic heterocycles. The second-order valence-electron chi connectivity index (χ2n) is 5.98. The number of hydrogen-bond acceptors (Lipinski definition) is 3. The molecule has 1 unspecified atom stereocenters. The SMILES string of the molecule is CC(NC(=O)c1cn(C2CC2)nn1)C1CCCCC1. The number of hydrogen-bond donors (Lipinski definition) is 1. The summed E-state index contributed by atoms with van der Waals surface area (Å²) in [6.45, 7) is 2.11. The normalized spacial score (nSPS) is 22.2. The number of carbonyl (C=O) groups is 1. The molecule has 5 heteroatoms. The van der Waals surface area contributed by atoms with Gasteiger partial charge in [-0.05, 0) is 38.5 Å². The Kier molecular flexibility index (Phi) is 3.53. The van der Waals surface area contributed by atoms with Gasteiger partial charge in [-0.2, -0.15) is 0 Å². The zero-order valence-electron chi connectivity index (χ0n) is 11.5. The predicted molar refractivity (Wildman–Crippen MR) is 71.8 cm³/mol. The molecule has 0 aromatic carbocycles. The lowest BCUT2D eigenvalue weighted by atomic mass is 9.84. The van der Waals surface area contributed by atoms with Crippen molar-refractivity contribution in [3.63, 3.8) is 0 Å². The minimum atomic E-state index is -0.0787. The highest BCUT2D eigenvalue weighted by Gasteiger charge is 2.27. The van der Waals surface area contributed by atoms with E-state index in [1.165, 1.54) is 32.1 Å². The third-order valence-corrected chi connectivity index (χ3v) is 4.38. The quantitative estimate of drug-likeness (QED) is 0.905. The molecule has 1 amide bonds. The van der Waals surface area contributed by atoms with Crippen molar-refractivity contribution in [3.05, 3.63) is 11.9 Å². The van der Waals surface area contributed by atoms with E-state index < -0.39 is 0 Å². The lowest BCUT2D eigenvalue weighted by molar-refractivity contribution is 0.0914. The molecule has 1 aromatic heterocycles. The van der Waals surface area contributed by atoms with Crippen molar-refractivity contribution < 1.29 is 4.79 Å². The van der Waals surface area contributed by atoms with Crippen LogP contribution in [0.1, 0.15) is 68.4 Å². The molecule has 5 nitrogen and oxygen atoms in total.